The van der Waals surface area contributed by atoms with Crippen molar-refractivity contribution in [3.8, 4) is 0 Å². The summed E-state index contributed by atoms with van der Waals surface area (Å²) >= 11 is 1.93. The molecule has 0 aromatic carbocycles. The summed E-state index contributed by atoms with van der Waals surface area (Å²) in [6.07, 6.45) is 8.05. The summed E-state index contributed by atoms with van der Waals surface area (Å²) in [6.45, 7) is 3.95. The Labute approximate surface area is 126 Å². The Morgan fingerprint density at radius 3 is 2.80 bits per heavy atom. The SMILES string of the molecule is CCC1CCC(c2nc(COC)c(CNC3CC3)s2)C1. The summed E-state index contributed by atoms with van der Waals surface area (Å²) in [5, 5.41) is 4.97. The molecule has 0 amide bonds. The molecule has 1 aromatic heterocycles. The molecule has 2 aliphatic carbocycles. The number of thiazole rings is 1. The first-order valence-corrected chi connectivity index (χ1v) is 8.82. The molecular weight excluding hydrogens is 268 g/mol. The van der Waals surface area contributed by atoms with Crippen LogP contribution in [-0.2, 0) is 17.9 Å². The van der Waals surface area contributed by atoms with Crippen molar-refractivity contribution in [2.45, 2.75) is 70.6 Å². The van der Waals surface area contributed by atoms with Gasteiger partial charge in [-0.2, -0.15) is 0 Å². The van der Waals surface area contributed by atoms with Crippen LogP contribution in [0, 0.1) is 5.92 Å². The summed E-state index contributed by atoms with van der Waals surface area (Å²) in [5.74, 6) is 1.62. The summed E-state index contributed by atoms with van der Waals surface area (Å²) in [5.41, 5.74) is 1.17. The average molecular weight is 294 g/mol. The molecule has 2 atom stereocenters. The third-order valence-corrected chi connectivity index (χ3v) is 5.93. The van der Waals surface area contributed by atoms with E-state index in [1.165, 1.54) is 54.1 Å². The van der Waals surface area contributed by atoms with Crippen molar-refractivity contribution in [2.75, 3.05) is 7.11 Å². The lowest BCUT2D eigenvalue weighted by Gasteiger charge is -2.06. The second-order valence-corrected chi connectivity index (χ2v) is 7.41. The molecule has 3 nitrogen and oxygen atoms in total. The fraction of sp³-hybridized carbons (Fsp3) is 0.812. The van der Waals surface area contributed by atoms with Gasteiger partial charge in [-0.05, 0) is 38.0 Å². The van der Waals surface area contributed by atoms with Crippen LogP contribution >= 0.6 is 11.3 Å². The Kier molecular flexibility index (Phi) is 4.74. The van der Waals surface area contributed by atoms with E-state index in [2.05, 4.69) is 12.2 Å². The van der Waals surface area contributed by atoms with E-state index in [4.69, 9.17) is 9.72 Å². The van der Waals surface area contributed by atoms with Gasteiger partial charge in [-0.3, -0.25) is 0 Å². The average Bonchev–Trinajstić information content (AvgIpc) is 3.01. The van der Waals surface area contributed by atoms with E-state index in [1.54, 1.807) is 7.11 Å². The topological polar surface area (TPSA) is 34.1 Å². The van der Waals surface area contributed by atoms with E-state index in [-0.39, 0.29) is 0 Å². The van der Waals surface area contributed by atoms with Gasteiger partial charge in [0.1, 0.15) is 0 Å². The summed E-state index contributed by atoms with van der Waals surface area (Å²) in [4.78, 5) is 6.30. The Bertz CT molecular complexity index is 442. The van der Waals surface area contributed by atoms with E-state index in [0.29, 0.717) is 12.5 Å². The molecule has 1 heterocycles. The van der Waals surface area contributed by atoms with Crippen molar-refractivity contribution in [3.05, 3.63) is 15.6 Å². The lowest BCUT2D eigenvalue weighted by atomic mass is 10.0. The van der Waals surface area contributed by atoms with Crippen molar-refractivity contribution >= 4 is 11.3 Å². The number of rotatable bonds is 7. The molecule has 2 unspecified atom stereocenters. The molecule has 2 saturated carbocycles. The Morgan fingerprint density at radius 2 is 2.15 bits per heavy atom. The van der Waals surface area contributed by atoms with Gasteiger partial charge in [0.2, 0.25) is 0 Å². The molecular formula is C16H26N2OS. The van der Waals surface area contributed by atoms with Crippen LogP contribution in [0.1, 0.15) is 66.9 Å². The van der Waals surface area contributed by atoms with Crippen molar-refractivity contribution in [2.24, 2.45) is 5.92 Å². The predicted molar refractivity (Wildman–Crippen MR) is 83.1 cm³/mol. The number of nitrogens with zero attached hydrogens (tertiary/aromatic N) is 1. The van der Waals surface area contributed by atoms with Crippen LogP contribution < -0.4 is 5.32 Å². The Hall–Kier alpha value is -0.450. The summed E-state index contributed by atoms with van der Waals surface area (Å²) in [6, 6.07) is 0.756. The molecule has 0 bridgehead atoms. The van der Waals surface area contributed by atoms with Crippen LogP contribution in [0.4, 0.5) is 0 Å². The molecule has 0 saturated heterocycles. The minimum absolute atomic E-state index is 0.655. The number of hydrogen-bond acceptors (Lipinski definition) is 4. The van der Waals surface area contributed by atoms with Crippen molar-refractivity contribution in [1.29, 1.82) is 0 Å². The molecule has 0 spiro atoms. The first kappa shape index (κ1) is 14.5. The van der Waals surface area contributed by atoms with Crippen LogP contribution in [0.3, 0.4) is 0 Å². The highest BCUT2D eigenvalue weighted by atomic mass is 32.1. The minimum atomic E-state index is 0.655. The third-order valence-electron chi connectivity index (χ3n) is 4.67. The van der Waals surface area contributed by atoms with Gasteiger partial charge < -0.3 is 10.1 Å². The van der Waals surface area contributed by atoms with Gasteiger partial charge in [0.15, 0.2) is 0 Å². The second kappa shape index (κ2) is 6.54. The number of hydrogen-bond donors (Lipinski definition) is 1. The monoisotopic (exact) mass is 294 g/mol. The fourth-order valence-corrected chi connectivity index (χ4v) is 4.33. The Morgan fingerprint density at radius 1 is 1.30 bits per heavy atom. The third kappa shape index (κ3) is 3.41. The molecule has 1 N–H and O–H groups in total. The number of ether oxygens (including phenoxy) is 1. The van der Waals surface area contributed by atoms with Crippen molar-refractivity contribution in [1.82, 2.24) is 10.3 Å². The molecule has 20 heavy (non-hydrogen) atoms. The first-order valence-electron chi connectivity index (χ1n) is 8.01. The highest BCUT2D eigenvalue weighted by Crippen LogP contribution is 2.41. The van der Waals surface area contributed by atoms with Crippen LogP contribution in [0.5, 0.6) is 0 Å². The second-order valence-electron chi connectivity index (χ2n) is 6.29. The maximum absolute atomic E-state index is 5.33. The van der Waals surface area contributed by atoms with Crippen molar-refractivity contribution in [3.63, 3.8) is 0 Å². The number of methoxy groups -OCH3 is 1. The number of nitrogens with one attached hydrogen (secondary N) is 1. The first-order chi connectivity index (χ1) is 9.80. The lowest BCUT2D eigenvalue weighted by Crippen LogP contribution is -2.15. The molecule has 0 aliphatic heterocycles. The largest absolute Gasteiger partial charge is 0.378 e. The van der Waals surface area contributed by atoms with E-state index >= 15 is 0 Å². The van der Waals surface area contributed by atoms with E-state index in [0.717, 1.165) is 18.5 Å². The Balaban J connectivity index is 1.68. The van der Waals surface area contributed by atoms with E-state index in [1.807, 2.05) is 11.3 Å². The molecule has 0 radical (unpaired) electrons. The molecule has 2 fully saturated rings. The van der Waals surface area contributed by atoms with Gasteiger partial charge >= 0.3 is 0 Å². The van der Waals surface area contributed by atoms with Crippen molar-refractivity contribution < 1.29 is 4.74 Å². The van der Waals surface area contributed by atoms with Crippen LogP contribution in [0.15, 0.2) is 0 Å². The van der Waals surface area contributed by atoms with Gasteiger partial charge in [-0.25, -0.2) is 4.98 Å². The quantitative estimate of drug-likeness (QED) is 0.829. The van der Waals surface area contributed by atoms with Gasteiger partial charge in [-0.15, -0.1) is 11.3 Å². The van der Waals surface area contributed by atoms with Gasteiger partial charge in [0.25, 0.3) is 0 Å². The maximum atomic E-state index is 5.33. The fourth-order valence-electron chi connectivity index (χ4n) is 3.16. The van der Waals surface area contributed by atoms with Gasteiger partial charge in [0, 0.05) is 30.5 Å². The molecule has 1 aromatic rings. The van der Waals surface area contributed by atoms with E-state index < -0.39 is 0 Å². The zero-order valence-corrected chi connectivity index (χ0v) is 13.5. The molecule has 112 valence electrons. The standard InChI is InChI=1S/C16H26N2OS/c1-3-11-4-5-12(8-11)16-18-14(10-19-2)15(20-16)9-17-13-6-7-13/h11-13,17H,3-10H2,1-2H3. The molecule has 3 rings (SSSR count). The highest BCUT2D eigenvalue weighted by molar-refractivity contribution is 7.11. The molecule has 2 aliphatic rings. The molecule has 4 heteroatoms. The maximum Gasteiger partial charge on any atom is 0.0963 e. The smallest absolute Gasteiger partial charge is 0.0963 e. The van der Waals surface area contributed by atoms with Gasteiger partial charge in [-0.1, -0.05) is 13.3 Å². The zero-order chi connectivity index (χ0) is 13.9. The zero-order valence-electron chi connectivity index (χ0n) is 12.7. The van der Waals surface area contributed by atoms with E-state index in [9.17, 15) is 0 Å². The van der Waals surface area contributed by atoms with Crippen LogP contribution in [0.25, 0.3) is 0 Å². The highest BCUT2D eigenvalue weighted by Gasteiger charge is 2.28. The van der Waals surface area contributed by atoms with Crippen LogP contribution in [0.2, 0.25) is 0 Å². The van der Waals surface area contributed by atoms with Gasteiger partial charge in [0.05, 0.1) is 17.3 Å². The summed E-state index contributed by atoms with van der Waals surface area (Å²) < 4.78 is 5.33. The lowest BCUT2D eigenvalue weighted by molar-refractivity contribution is 0.181. The predicted octanol–water partition coefficient (Wildman–Crippen LogP) is 3.84. The van der Waals surface area contributed by atoms with Crippen LogP contribution in [-0.4, -0.2) is 18.1 Å². The normalized spacial score (nSPS) is 26.3. The minimum Gasteiger partial charge on any atom is -0.378 e. The summed E-state index contributed by atoms with van der Waals surface area (Å²) in [7, 11) is 1.76. The number of aromatic nitrogens is 1.